The van der Waals surface area contributed by atoms with Crippen molar-refractivity contribution in [2.45, 2.75) is 24.9 Å². The van der Waals surface area contributed by atoms with Gasteiger partial charge in [0.05, 0.1) is 0 Å². The molecule has 0 spiro atoms. The molecule has 0 radical (unpaired) electrons. The first kappa shape index (κ1) is 9.90. The molecule has 0 saturated heterocycles. The second-order valence-corrected chi connectivity index (χ2v) is 4.48. The van der Waals surface area contributed by atoms with Crippen LogP contribution in [-0.2, 0) is 12.1 Å². The first-order valence-corrected chi connectivity index (χ1v) is 5.48. The van der Waals surface area contributed by atoms with Crippen LogP contribution in [0.5, 0.6) is 11.5 Å². The predicted octanol–water partition coefficient (Wildman–Crippen LogP) is 1.88. The van der Waals surface area contributed by atoms with Crippen molar-refractivity contribution in [2.24, 2.45) is 5.73 Å². The average molecular weight is 223 g/mol. The van der Waals surface area contributed by atoms with Gasteiger partial charge < -0.3 is 15.2 Å². The molecule has 4 heteroatoms. The Morgan fingerprint density at radius 2 is 1.94 bits per heavy atom. The molecule has 0 aromatic heterocycles. The number of fused-ring (bicyclic) bond motifs is 1. The maximum absolute atomic E-state index is 13.0. The minimum Gasteiger partial charge on any atom is -0.454 e. The summed E-state index contributed by atoms with van der Waals surface area (Å²) in [6, 6.07) is 3.64. The van der Waals surface area contributed by atoms with E-state index in [2.05, 4.69) is 0 Å². The topological polar surface area (TPSA) is 44.5 Å². The quantitative estimate of drug-likeness (QED) is 0.850. The summed E-state index contributed by atoms with van der Waals surface area (Å²) in [6.45, 7) is 0.313. The smallest absolute Gasteiger partial charge is 0.231 e. The van der Waals surface area contributed by atoms with E-state index in [1.165, 1.54) is 0 Å². The van der Waals surface area contributed by atoms with Crippen LogP contribution in [0, 0.1) is 0 Å². The minimum atomic E-state index is -0.478. The molecule has 1 heterocycles. The molecule has 0 bridgehead atoms. The summed E-state index contributed by atoms with van der Waals surface area (Å²) in [4.78, 5) is 0. The highest BCUT2D eigenvalue weighted by Gasteiger charge is 2.45. The molecule has 2 aliphatic rings. The highest BCUT2D eigenvalue weighted by molar-refractivity contribution is 5.52. The summed E-state index contributed by atoms with van der Waals surface area (Å²) in [6.07, 6.45) is 2.08. The molecule has 86 valence electrons. The molecule has 1 aliphatic carbocycles. The fraction of sp³-hybridized carbons (Fsp3) is 0.500. The zero-order valence-corrected chi connectivity index (χ0v) is 8.96. The zero-order valence-electron chi connectivity index (χ0n) is 8.96. The van der Waals surface area contributed by atoms with Gasteiger partial charge in [0.25, 0.3) is 0 Å². The van der Waals surface area contributed by atoms with Crippen LogP contribution < -0.4 is 15.2 Å². The second kappa shape index (κ2) is 3.35. The van der Waals surface area contributed by atoms with Gasteiger partial charge in [-0.15, -0.1) is 0 Å². The van der Waals surface area contributed by atoms with Crippen molar-refractivity contribution in [1.29, 1.82) is 0 Å². The molecular weight excluding hydrogens is 209 g/mol. The van der Waals surface area contributed by atoms with Crippen LogP contribution in [0.15, 0.2) is 12.1 Å². The van der Waals surface area contributed by atoms with Gasteiger partial charge in [0.1, 0.15) is 6.67 Å². The van der Waals surface area contributed by atoms with Gasteiger partial charge in [-0.05, 0) is 36.1 Å². The number of rotatable bonds is 3. The monoisotopic (exact) mass is 223 g/mol. The Morgan fingerprint density at radius 1 is 1.25 bits per heavy atom. The van der Waals surface area contributed by atoms with Crippen LogP contribution in [-0.4, -0.2) is 13.3 Å². The molecule has 0 unspecified atom stereocenters. The molecule has 0 atom stereocenters. The van der Waals surface area contributed by atoms with Crippen LogP contribution >= 0.6 is 0 Å². The first-order chi connectivity index (χ1) is 7.79. The Labute approximate surface area is 93.3 Å². The normalized spacial score (nSPS) is 19.9. The molecule has 3 nitrogen and oxygen atoms in total. The number of ether oxygens (including phenoxy) is 2. The summed E-state index contributed by atoms with van der Waals surface area (Å²) < 4.78 is 23.6. The number of alkyl halides is 1. The number of halogens is 1. The van der Waals surface area contributed by atoms with Gasteiger partial charge in [-0.3, -0.25) is 0 Å². The third-order valence-corrected chi connectivity index (χ3v) is 3.56. The molecule has 1 aliphatic heterocycles. The minimum absolute atomic E-state index is 0.0115. The summed E-state index contributed by atoms with van der Waals surface area (Å²) in [5, 5.41) is 0. The van der Waals surface area contributed by atoms with E-state index in [0.29, 0.717) is 23.6 Å². The van der Waals surface area contributed by atoms with Crippen molar-refractivity contribution in [1.82, 2.24) is 0 Å². The van der Waals surface area contributed by atoms with Crippen molar-refractivity contribution in [2.75, 3.05) is 13.3 Å². The standard InChI is InChI=1S/C12H14FNO2/c13-5-8-3-10-11(16-7-15-10)4-9(8)12(6-14)1-2-12/h3-4H,1-2,5-7,14H2. The Bertz CT molecular complexity index is 429. The van der Waals surface area contributed by atoms with Gasteiger partial charge in [-0.1, -0.05) is 0 Å². The predicted molar refractivity (Wildman–Crippen MR) is 57.3 cm³/mol. The Kier molecular flexibility index (Phi) is 2.07. The van der Waals surface area contributed by atoms with Crippen LogP contribution in [0.4, 0.5) is 4.39 Å². The Hall–Kier alpha value is -1.29. The van der Waals surface area contributed by atoms with E-state index >= 15 is 0 Å². The molecule has 0 amide bonds. The van der Waals surface area contributed by atoms with E-state index in [1.807, 2.05) is 6.07 Å². The van der Waals surface area contributed by atoms with Crippen LogP contribution in [0.3, 0.4) is 0 Å². The highest BCUT2D eigenvalue weighted by atomic mass is 19.1. The summed E-state index contributed by atoms with van der Waals surface area (Å²) in [5.41, 5.74) is 7.45. The summed E-state index contributed by atoms with van der Waals surface area (Å²) in [5.74, 6) is 1.36. The molecule has 1 saturated carbocycles. The number of hydrogen-bond donors (Lipinski definition) is 1. The van der Waals surface area contributed by atoms with E-state index in [9.17, 15) is 4.39 Å². The first-order valence-electron chi connectivity index (χ1n) is 5.48. The molecule has 2 N–H and O–H groups in total. The third-order valence-electron chi connectivity index (χ3n) is 3.56. The van der Waals surface area contributed by atoms with Gasteiger partial charge in [-0.25, -0.2) is 4.39 Å². The van der Waals surface area contributed by atoms with Crippen molar-refractivity contribution < 1.29 is 13.9 Å². The molecular formula is C12H14FNO2. The van der Waals surface area contributed by atoms with E-state index in [-0.39, 0.29) is 12.2 Å². The van der Waals surface area contributed by atoms with Crippen molar-refractivity contribution in [3.63, 3.8) is 0 Å². The number of benzene rings is 1. The third kappa shape index (κ3) is 1.29. The van der Waals surface area contributed by atoms with Crippen molar-refractivity contribution in [3.05, 3.63) is 23.3 Å². The largest absolute Gasteiger partial charge is 0.454 e. The maximum Gasteiger partial charge on any atom is 0.231 e. The van der Waals surface area contributed by atoms with Gasteiger partial charge in [0.2, 0.25) is 6.79 Å². The van der Waals surface area contributed by atoms with E-state index in [0.717, 1.165) is 18.4 Å². The lowest BCUT2D eigenvalue weighted by atomic mass is 9.91. The van der Waals surface area contributed by atoms with Crippen LogP contribution in [0.2, 0.25) is 0 Å². The van der Waals surface area contributed by atoms with Gasteiger partial charge in [0, 0.05) is 12.0 Å². The second-order valence-electron chi connectivity index (χ2n) is 4.48. The summed E-state index contributed by atoms with van der Waals surface area (Å²) >= 11 is 0. The highest BCUT2D eigenvalue weighted by Crippen LogP contribution is 2.51. The van der Waals surface area contributed by atoms with Gasteiger partial charge >= 0.3 is 0 Å². The van der Waals surface area contributed by atoms with E-state index in [4.69, 9.17) is 15.2 Å². The maximum atomic E-state index is 13.0. The Balaban J connectivity index is 2.09. The number of nitrogens with two attached hydrogens (primary N) is 1. The molecule has 3 rings (SSSR count). The lowest BCUT2D eigenvalue weighted by Gasteiger charge is -2.17. The lowest BCUT2D eigenvalue weighted by Crippen LogP contribution is -2.21. The van der Waals surface area contributed by atoms with Crippen LogP contribution in [0.25, 0.3) is 0 Å². The van der Waals surface area contributed by atoms with E-state index in [1.54, 1.807) is 6.07 Å². The van der Waals surface area contributed by atoms with Gasteiger partial charge in [-0.2, -0.15) is 0 Å². The SMILES string of the molecule is NCC1(c2cc3c(cc2CF)OCO3)CC1. The Morgan fingerprint density at radius 3 is 2.50 bits per heavy atom. The van der Waals surface area contributed by atoms with Crippen LogP contribution in [0.1, 0.15) is 24.0 Å². The fourth-order valence-electron chi connectivity index (χ4n) is 2.32. The summed E-state index contributed by atoms with van der Waals surface area (Å²) in [7, 11) is 0. The fourth-order valence-corrected chi connectivity index (χ4v) is 2.32. The van der Waals surface area contributed by atoms with Crippen molar-refractivity contribution >= 4 is 0 Å². The zero-order chi connectivity index (χ0) is 11.2. The molecule has 1 aromatic carbocycles. The van der Waals surface area contributed by atoms with Crippen molar-refractivity contribution in [3.8, 4) is 11.5 Å². The van der Waals surface area contributed by atoms with E-state index < -0.39 is 6.67 Å². The average Bonchev–Trinajstić information content (AvgIpc) is 2.99. The molecule has 1 fully saturated rings. The number of hydrogen-bond acceptors (Lipinski definition) is 3. The lowest BCUT2D eigenvalue weighted by molar-refractivity contribution is 0.174. The van der Waals surface area contributed by atoms with Gasteiger partial charge in [0.15, 0.2) is 11.5 Å². The molecule has 16 heavy (non-hydrogen) atoms. The molecule has 1 aromatic rings.